The molecule has 4 heteroatoms. The van der Waals surface area contributed by atoms with E-state index in [1.54, 1.807) is 0 Å². The quantitative estimate of drug-likeness (QED) is 0.947. The van der Waals surface area contributed by atoms with Gasteiger partial charge in [-0.25, -0.2) is 0 Å². The van der Waals surface area contributed by atoms with Gasteiger partial charge < -0.3 is 10.1 Å². The van der Waals surface area contributed by atoms with Crippen molar-refractivity contribution in [2.24, 2.45) is 0 Å². The summed E-state index contributed by atoms with van der Waals surface area (Å²) in [4.78, 5) is 17.2. The molecule has 2 aromatic rings. The first kappa shape index (κ1) is 15.0. The fourth-order valence-corrected chi connectivity index (χ4v) is 3.10. The highest BCUT2D eigenvalue weighted by Gasteiger charge is 2.18. The van der Waals surface area contributed by atoms with Crippen LogP contribution in [-0.4, -0.2) is 30.1 Å². The Bertz CT molecular complexity index is 719. The lowest BCUT2D eigenvalue weighted by Crippen LogP contribution is -2.32. The Labute approximate surface area is 130 Å². The Kier molecular flexibility index (Phi) is 4.12. The van der Waals surface area contributed by atoms with Gasteiger partial charge in [0.15, 0.2) is 0 Å². The molecule has 0 aliphatic carbocycles. The molecule has 0 spiro atoms. The molecule has 0 saturated carbocycles. The fourth-order valence-electron chi connectivity index (χ4n) is 3.10. The van der Waals surface area contributed by atoms with Gasteiger partial charge in [-0.1, -0.05) is 11.6 Å². The number of nitrogens with one attached hydrogen (secondary N) is 1. The van der Waals surface area contributed by atoms with Gasteiger partial charge in [0.25, 0.3) is 5.91 Å². The largest absolute Gasteiger partial charge is 0.376 e. The average Bonchev–Trinajstić information content (AvgIpc) is 2.98. The summed E-state index contributed by atoms with van der Waals surface area (Å²) in [5.74, 6) is -0.0454. The zero-order valence-corrected chi connectivity index (χ0v) is 13.4. The number of pyridine rings is 1. The topological polar surface area (TPSA) is 51.2 Å². The Balaban J connectivity index is 1.92. The Morgan fingerprint density at radius 2 is 2.14 bits per heavy atom. The highest BCUT2D eigenvalue weighted by molar-refractivity contribution is 6.07. The number of hydrogen-bond acceptors (Lipinski definition) is 3. The van der Waals surface area contributed by atoms with E-state index in [0.29, 0.717) is 12.1 Å². The molecule has 0 radical (unpaired) electrons. The van der Waals surface area contributed by atoms with E-state index in [0.717, 1.165) is 47.2 Å². The second-order valence-electron chi connectivity index (χ2n) is 6.13. The van der Waals surface area contributed by atoms with Crippen molar-refractivity contribution in [3.05, 3.63) is 40.6 Å². The maximum atomic E-state index is 12.6. The number of aryl methyl sites for hydroxylation is 3. The van der Waals surface area contributed by atoms with Crippen molar-refractivity contribution < 1.29 is 9.53 Å². The molecule has 2 heterocycles. The highest BCUT2D eigenvalue weighted by atomic mass is 16.5. The molecule has 116 valence electrons. The minimum Gasteiger partial charge on any atom is -0.376 e. The van der Waals surface area contributed by atoms with Crippen LogP contribution < -0.4 is 5.32 Å². The van der Waals surface area contributed by atoms with Crippen LogP contribution in [0.2, 0.25) is 0 Å². The molecule has 0 bridgehead atoms. The first-order chi connectivity index (χ1) is 10.5. The first-order valence-corrected chi connectivity index (χ1v) is 7.83. The molecular weight excluding hydrogens is 276 g/mol. The van der Waals surface area contributed by atoms with E-state index in [2.05, 4.69) is 16.4 Å². The average molecular weight is 298 g/mol. The number of amides is 1. The number of nitrogens with zero attached hydrogens (tertiary/aromatic N) is 1. The number of hydrogen-bond donors (Lipinski definition) is 1. The summed E-state index contributed by atoms with van der Waals surface area (Å²) in [7, 11) is 0. The molecule has 1 aliphatic rings. The second kappa shape index (κ2) is 6.05. The molecular formula is C18H22N2O2. The monoisotopic (exact) mass is 298 g/mol. The van der Waals surface area contributed by atoms with Crippen LogP contribution in [0.1, 0.15) is 40.0 Å². The summed E-state index contributed by atoms with van der Waals surface area (Å²) in [5, 5.41) is 3.93. The third kappa shape index (κ3) is 2.97. The van der Waals surface area contributed by atoms with Gasteiger partial charge in [-0.05, 0) is 51.3 Å². The van der Waals surface area contributed by atoms with Crippen molar-refractivity contribution in [2.45, 2.75) is 39.7 Å². The van der Waals surface area contributed by atoms with Crippen molar-refractivity contribution in [3.8, 4) is 0 Å². The van der Waals surface area contributed by atoms with Crippen LogP contribution in [0.25, 0.3) is 10.9 Å². The van der Waals surface area contributed by atoms with Crippen LogP contribution in [0.4, 0.5) is 0 Å². The number of fused-ring (bicyclic) bond motifs is 1. The van der Waals surface area contributed by atoms with Crippen LogP contribution in [0.5, 0.6) is 0 Å². The van der Waals surface area contributed by atoms with Gasteiger partial charge in [0.05, 0.1) is 17.2 Å². The number of ether oxygens (including phenoxy) is 1. The van der Waals surface area contributed by atoms with E-state index in [9.17, 15) is 4.79 Å². The maximum Gasteiger partial charge on any atom is 0.252 e. The Morgan fingerprint density at radius 3 is 2.86 bits per heavy atom. The second-order valence-corrected chi connectivity index (χ2v) is 6.13. The molecule has 1 aliphatic heterocycles. The third-order valence-corrected chi connectivity index (χ3v) is 4.14. The van der Waals surface area contributed by atoms with E-state index >= 15 is 0 Å². The van der Waals surface area contributed by atoms with Crippen LogP contribution in [-0.2, 0) is 4.74 Å². The van der Waals surface area contributed by atoms with E-state index in [-0.39, 0.29) is 12.0 Å². The molecule has 4 nitrogen and oxygen atoms in total. The van der Waals surface area contributed by atoms with Crippen LogP contribution in [0, 0.1) is 20.8 Å². The highest BCUT2D eigenvalue weighted by Crippen LogP contribution is 2.23. The van der Waals surface area contributed by atoms with Gasteiger partial charge in [-0.2, -0.15) is 0 Å². The third-order valence-electron chi connectivity index (χ3n) is 4.14. The minimum atomic E-state index is -0.0454. The number of carbonyl (C=O) groups excluding carboxylic acids is 1. The fraction of sp³-hybridized carbons (Fsp3) is 0.444. The SMILES string of the molecule is Cc1cc(C)c2nc(C)cc(C(=O)NCC3CCCO3)c2c1. The number of rotatable bonds is 3. The van der Waals surface area contributed by atoms with Gasteiger partial charge in [0.1, 0.15) is 0 Å². The molecule has 22 heavy (non-hydrogen) atoms. The summed E-state index contributed by atoms with van der Waals surface area (Å²) in [6, 6.07) is 6.00. The summed E-state index contributed by atoms with van der Waals surface area (Å²) in [5.41, 5.74) is 4.72. The lowest BCUT2D eigenvalue weighted by Gasteiger charge is -2.13. The van der Waals surface area contributed by atoms with E-state index in [4.69, 9.17) is 4.74 Å². The van der Waals surface area contributed by atoms with Gasteiger partial charge >= 0.3 is 0 Å². The van der Waals surface area contributed by atoms with Crippen molar-refractivity contribution >= 4 is 16.8 Å². The first-order valence-electron chi connectivity index (χ1n) is 7.83. The predicted molar refractivity (Wildman–Crippen MR) is 87.3 cm³/mol. The van der Waals surface area contributed by atoms with Crippen LogP contribution in [0.3, 0.4) is 0 Å². The zero-order valence-electron chi connectivity index (χ0n) is 13.4. The normalized spacial score (nSPS) is 17.9. The summed E-state index contributed by atoms with van der Waals surface area (Å²) in [6.45, 7) is 7.38. The number of benzene rings is 1. The van der Waals surface area contributed by atoms with Gasteiger partial charge in [-0.3, -0.25) is 9.78 Å². The van der Waals surface area contributed by atoms with Gasteiger partial charge in [-0.15, -0.1) is 0 Å². The Morgan fingerprint density at radius 1 is 1.32 bits per heavy atom. The smallest absolute Gasteiger partial charge is 0.252 e. The minimum absolute atomic E-state index is 0.0454. The van der Waals surface area contributed by atoms with Crippen molar-refractivity contribution in [1.29, 1.82) is 0 Å². The molecule has 1 aromatic heterocycles. The van der Waals surface area contributed by atoms with E-state index < -0.39 is 0 Å². The number of aromatic nitrogens is 1. The molecule has 1 aromatic carbocycles. The zero-order chi connectivity index (χ0) is 15.7. The summed E-state index contributed by atoms with van der Waals surface area (Å²) >= 11 is 0. The molecule has 1 saturated heterocycles. The molecule has 1 amide bonds. The molecule has 1 fully saturated rings. The summed E-state index contributed by atoms with van der Waals surface area (Å²) in [6.07, 6.45) is 2.26. The van der Waals surface area contributed by atoms with Crippen molar-refractivity contribution in [1.82, 2.24) is 10.3 Å². The van der Waals surface area contributed by atoms with E-state index in [1.165, 1.54) is 0 Å². The lowest BCUT2D eigenvalue weighted by molar-refractivity contribution is 0.0859. The Hall–Kier alpha value is -1.94. The molecule has 1 atom stereocenters. The maximum absolute atomic E-state index is 12.6. The van der Waals surface area contributed by atoms with Crippen molar-refractivity contribution in [3.63, 3.8) is 0 Å². The summed E-state index contributed by atoms with van der Waals surface area (Å²) < 4.78 is 5.56. The van der Waals surface area contributed by atoms with Gasteiger partial charge in [0.2, 0.25) is 0 Å². The van der Waals surface area contributed by atoms with Gasteiger partial charge in [0, 0.05) is 24.2 Å². The van der Waals surface area contributed by atoms with Crippen molar-refractivity contribution in [2.75, 3.05) is 13.2 Å². The standard InChI is InChI=1S/C18H22N2O2/c1-11-7-12(2)17-15(8-11)16(9-13(3)20-17)18(21)19-10-14-5-4-6-22-14/h7-9,14H,4-6,10H2,1-3H3,(H,19,21). The number of carbonyl (C=O) groups is 1. The van der Waals surface area contributed by atoms with Crippen LogP contribution in [0.15, 0.2) is 18.2 Å². The molecule has 3 rings (SSSR count). The lowest BCUT2D eigenvalue weighted by atomic mass is 10.0. The molecule has 1 N–H and O–H groups in total. The van der Waals surface area contributed by atoms with E-state index in [1.807, 2.05) is 32.9 Å². The van der Waals surface area contributed by atoms with Crippen LogP contribution >= 0.6 is 0 Å². The molecule has 1 unspecified atom stereocenters. The predicted octanol–water partition coefficient (Wildman–Crippen LogP) is 3.07.